The summed E-state index contributed by atoms with van der Waals surface area (Å²) in [4.78, 5) is 38.3. The SMILES string of the molecule is CCOc1cc(C(CCNC(N)=O)N2C(=O)c3[c]cccc3C2C(N)=O)ccc1OC. The zero-order chi connectivity index (χ0) is 22.5. The van der Waals surface area contributed by atoms with E-state index in [1.165, 1.54) is 12.0 Å². The molecule has 0 saturated carbocycles. The molecule has 0 fully saturated rings. The number of hydrogen-bond donors (Lipinski definition) is 3. The first-order valence-corrected chi connectivity index (χ1v) is 9.85. The number of hydrogen-bond acceptors (Lipinski definition) is 5. The minimum atomic E-state index is -0.962. The number of primary amides is 2. The second kappa shape index (κ2) is 9.38. The lowest BCUT2D eigenvalue weighted by molar-refractivity contribution is -0.123. The van der Waals surface area contributed by atoms with Gasteiger partial charge in [-0.3, -0.25) is 9.59 Å². The molecule has 2 atom stereocenters. The van der Waals surface area contributed by atoms with Gasteiger partial charge in [0.1, 0.15) is 6.04 Å². The average Bonchev–Trinajstić information content (AvgIpc) is 3.04. The molecule has 2 aromatic rings. The van der Waals surface area contributed by atoms with Crippen molar-refractivity contribution in [2.45, 2.75) is 25.4 Å². The van der Waals surface area contributed by atoms with Crippen LogP contribution in [-0.4, -0.2) is 43.0 Å². The number of ether oxygens (including phenoxy) is 2. The molecule has 2 unspecified atom stereocenters. The summed E-state index contributed by atoms with van der Waals surface area (Å²) < 4.78 is 11.0. The number of nitrogens with zero attached hydrogens (tertiary/aromatic N) is 1. The van der Waals surface area contributed by atoms with E-state index in [1.807, 2.05) is 6.92 Å². The van der Waals surface area contributed by atoms with E-state index >= 15 is 0 Å². The molecule has 9 nitrogen and oxygen atoms in total. The summed E-state index contributed by atoms with van der Waals surface area (Å²) in [5.74, 6) is 0.0208. The van der Waals surface area contributed by atoms with Crippen molar-refractivity contribution in [3.05, 3.63) is 59.2 Å². The Hall–Kier alpha value is -3.75. The molecule has 1 radical (unpaired) electrons. The normalized spacial score (nSPS) is 15.9. The van der Waals surface area contributed by atoms with Crippen molar-refractivity contribution in [1.82, 2.24) is 10.2 Å². The van der Waals surface area contributed by atoms with Crippen LogP contribution in [0.25, 0.3) is 0 Å². The van der Waals surface area contributed by atoms with E-state index in [2.05, 4.69) is 11.4 Å². The fourth-order valence-corrected chi connectivity index (χ4v) is 3.84. The lowest BCUT2D eigenvalue weighted by Gasteiger charge is -2.33. The zero-order valence-corrected chi connectivity index (χ0v) is 17.4. The Bertz CT molecular complexity index is 994. The summed E-state index contributed by atoms with van der Waals surface area (Å²) in [7, 11) is 1.53. The van der Waals surface area contributed by atoms with Crippen molar-refractivity contribution in [3.8, 4) is 11.5 Å². The topological polar surface area (TPSA) is 137 Å². The number of urea groups is 1. The third-order valence-corrected chi connectivity index (χ3v) is 5.10. The zero-order valence-electron chi connectivity index (χ0n) is 17.4. The van der Waals surface area contributed by atoms with Gasteiger partial charge in [0.05, 0.1) is 25.3 Å². The van der Waals surface area contributed by atoms with Crippen LogP contribution >= 0.6 is 0 Å². The highest BCUT2D eigenvalue weighted by Gasteiger charge is 2.44. The van der Waals surface area contributed by atoms with Gasteiger partial charge in [0.2, 0.25) is 5.91 Å². The molecule has 5 N–H and O–H groups in total. The Balaban J connectivity index is 2.07. The Labute approximate surface area is 180 Å². The van der Waals surface area contributed by atoms with Crippen LogP contribution in [0.3, 0.4) is 0 Å². The molecule has 4 amide bonds. The van der Waals surface area contributed by atoms with E-state index < -0.39 is 24.0 Å². The van der Waals surface area contributed by atoms with Crippen molar-refractivity contribution >= 4 is 17.8 Å². The van der Waals surface area contributed by atoms with Crippen LogP contribution in [0.2, 0.25) is 0 Å². The van der Waals surface area contributed by atoms with Crippen LogP contribution in [0.15, 0.2) is 36.4 Å². The second-order valence-corrected chi connectivity index (χ2v) is 6.96. The first-order valence-electron chi connectivity index (χ1n) is 9.85. The Morgan fingerprint density at radius 2 is 2.03 bits per heavy atom. The molecule has 3 rings (SSSR count). The molecule has 0 bridgehead atoms. The van der Waals surface area contributed by atoms with Crippen molar-refractivity contribution in [2.75, 3.05) is 20.3 Å². The number of nitrogens with two attached hydrogens (primary N) is 2. The number of amides is 4. The van der Waals surface area contributed by atoms with Gasteiger partial charge in [0, 0.05) is 6.54 Å². The number of carbonyl (C=O) groups excluding carboxylic acids is 3. The van der Waals surface area contributed by atoms with E-state index in [4.69, 9.17) is 20.9 Å². The lowest BCUT2D eigenvalue weighted by atomic mass is 9.98. The third-order valence-electron chi connectivity index (χ3n) is 5.10. The van der Waals surface area contributed by atoms with E-state index in [1.54, 1.807) is 36.4 Å². The summed E-state index contributed by atoms with van der Waals surface area (Å²) in [5.41, 5.74) is 12.4. The Kier molecular flexibility index (Phi) is 6.64. The van der Waals surface area contributed by atoms with Gasteiger partial charge in [-0.05, 0) is 42.7 Å². The van der Waals surface area contributed by atoms with Crippen LogP contribution in [0.5, 0.6) is 11.5 Å². The molecular weight excluding hydrogens is 400 g/mol. The molecule has 0 saturated heterocycles. The van der Waals surface area contributed by atoms with Gasteiger partial charge in [-0.25, -0.2) is 4.79 Å². The lowest BCUT2D eigenvalue weighted by Crippen LogP contribution is -2.40. The fraction of sp³-hybridized carbons (Fsp3) is 0.318. The number of carbonyl (C=O) groups is 3. The predicted octanol–water partition coefficient (Wildman–Crippen LogP) is 1.68. The highest BCUT2D eigenvalue weighted by molar-refractivity contribution is 6.04. The van der Waals surface area contributed by atoms with Gasteiger partial charge in [-0.15, -0.1) is 0 Å². The number of nitrogens with one attached hydrogen (secondary N) is 1. The standard InChI is InChI=1S/C22H25N4O5/c1-3-31-18-12-13(8-9-17(18)30-2)16(10-11-25-22(24)29)26-19(20(23)27)14-6-4-5-7-15(14)21(26)28/h4-6,8-9,12,16,19H,3,10-11H2,1-2H3,(H2,23,27)(H3,24,25,29). The molecule has 31 heavy (non-hydrogen) atoms. The van der Waals surface area contributed by atoms with E-state index in [0.717, 1.165) is 0 Å². The van der Waals surface area contributed by atoms with Crippen molar-refractivity contribution in [1.29, 1.82) is 0 Å². The maximum atomic E-state index is 13.3. The van der Waals surface area contributed by atoms with Gasteiger partial charge in [0.15, 0.2) is 11.5 Å². The molecule has 1 aliphatic rings. The van der Waals surface area contributed by atoms with Crippen LogP contribution in [0.4, 0.5) is 4.79 Å². The number of fused-ring (bicyclic) bond motifs is 1. The van der Waals surface area contributed by atoms with Crippen molar-refractivity contribution in [2.24, 2.45) is 11.5 Å². The molecule has 1 aliphatic heterocycles. The van der Waals surface area contributed by atoms with Gasteiger partial charge in [-0.1, -0.05) is 24.3 Å². The molecular formula is C22H25N4O5. The fourth-order valence-electron chi connectivity index (χ4n) is 3.84. The van der Waals surface area contributed by atoms with Crippen LogP contribution in [0, 0.1) is 6.07 Å². The van der Waals surface area contributed by atoms with Gasteiger partial charge >= 0.3 is 6.03 Å². The minimum Gasteiger partial charge on any atom is -0.493 e. The second-order valence-electron chi connectivity index (χ2n) is 6.96. The maximum Gasteiger partial charge on any atom is 0.312 e. The van der Waals surface area contributed by atoms with Crippen LogP contribution in [-0.2, 0) is 4.79 Å². The average molecular weight is 425 g/mol. The van der Waals surface area contributed by atoms with E-state index in [-0.39, 0.29) is 12.5 Å². The van der Waals surface area contributed by atoms with Gasteiger partial charge < -0.3 is 31.2 Å². The smallest absolute Gasteiger partial charge is 0.312 e. The van der Waals surface area contributed by atoms with Crippen LogP contribution < -0.4 is 26.3 Å². The predicted molar refractivity (Wildman–Crippen MR) is 112 cm³/mol. The quantitative estimate of drug-likeness (QED) is 0.561. The molecule has 163 valence electrons. The minimum absolute atomic E-state index is 0.186. The number of benzene rings is 2. The first-order chi connectivity index (χ1) is 14.9. The highest BCUT2D eigenvalue weighted by Crippen LogP contribution is 2.42. The molecule has 0 aliphatic carbocycles. The molecule has 9 heteroatoms. The summed E-state index contributed by atoms with van der Waals surface area (Å²) in [6.07, 6.45) is 0.296. The molecule has 0 aromatic heterocycles. The summed E-state index contributed by atoms with van der Waals surface area (Å²) in [5, 5.41) is 2.53. The van der Waals surface area contributed by atoms with E-state index in [0.29, 0.717) is 41.2 Å². The number of rotatable bonds is 9. The molecule has 1 heterocycles. The molecule has 2 aromatic carbocycles. The molecule has 0 spiro atoms. The monoisotopic (exact) mass is 425 g/mol. The first kappa shape index (κ1) is 21.9. The van der Waals surface area contributed by atoms with Gasteiger partial charge in [0.25, 0.3) is 5.91 Å². The largest absolute Gasteiger partial charge is 0.493 e. The van der Waals surface area contributed by atoms with Crippen molar-refractivity contribution < 1.29 is 23.9 Å². The Morgan fingerprint density at radius 1 is 1.26 bits per heavy atom. The third kappa shape index (κ3) is 4.40. The summed E-state index contributed by atoms with van der Waals surface area (Å²) >= 11 is 0. The Morgan fingerprint density at radius 3 is 2.68 bits per heavy atom. The van der Waals surface area contributed by atoms with Crippen LogP contribution in [0.1, 0.15) is 46.9 Å². The highest BCUT2D eigenvalue weighted by atomic mass is 16.5. The van der Waals surface area contributed by atoms with Gasteiger partial charge in [-0.2, -0.15) is 0 Å². The van der Waals surface area contributed by atoms with Crippen molar-refractivity contribution in [3.63, 3.8) is 0 Å². The summed E-state index contributed by atoms with van der Waals surface area (Å²) in [6.45, 7) is 2.45. The maximum absolute atomic E-state index is 13.3. The van der Waals surface area contributed by atoms with E-state index in [9.17, 15) is 14.4 Å². The number of methoxy groups -OCH3 is 1. The summed E-state index contributed by atoms with van der Waals surface area (Å²) in [6, 6.07) is 11.0.